The van der Waals surface area contributed by atoms with E-state index in [4.69, 9.17) is 4.74 Å². The van der Waals surface area contributed by atoms with Crippen LogP contribution in [-0.2, 0) is 21.4 Å². The maximum absolute atomic E-state index is 13.0. The highest BCUT2D eigenvalue weighted by atomic mass is 32.2. The van der Waals surface area contributed by atoms with Gasteiger partial charge < -0.3 is 14.6 Å². The Balaban J connectivity index is 1.49. The van der Waals surface area contributed by atoms with Crippen LogP contribution in [0.5, 0.6) is 5.75 Å². The summed E-state index contributed by atoms with van der Waals surface area (Å²) in [5, 5.41) is 3.77. The first kappa shape index (κ1) is 22.4. The second kappa shape index (κ2) is 9.34. The van der Waals surface area contributed by atoms with Crippen molar-refractivity contribution in [3.8, 4) is 5.75 Å². The number of sulfonamides is 1. The molecule has 0 aliphatic carbocycles. The molecule has 0 spiro atoms. The van der Waals surface area contributed by atoms with Crippen LogP contribution in [0.4, 0.5) is 0 Å². The molecule has 4 rings (SSSR count). The molecule has 170 valence electrons. The van der Waals surface area contributed by atoms with Gasteiger partial charge in [-0.15, -0.1) is 0 Å². The van der Waals surface area contributed by atoms with Gasteiger partial charge in [0.15, 0.2) is 0 Å². The number of piperidine rings is 1. The first-order chi connectivity index (χ1) is 15.4. The van der Waals surface area contributed by atoms with E-state index < -0.39 is 16.1 Å². The Kier molecular flexibility index (Phi) is 6.53. The summed E-state index contributed by atoms with van der Waals surface area (Å²) in [5.74, 6) is 0.631. The number of fused-ring (bicyclic) bond motifs is 1. The molecule has 2 aromatic carbocycles. The Bertz CT molecular complexity index is 1210. The van der Waals surface area contributed by atoms with E-state index in [1.807, 2.05) is 48.0 Å². The van der Waals surface area contributed by atoms with Gasteiger partial charge >= 0.3 is 0 Å². The fraction of sp³-hybridized carbons (Fsp3) is 0.375. The number of hydrogen-bond acceptors (Lipinski definition) is 4. The molecule has 8 heteroatoms. The number of nitrogens with one attached hydrogen (secondary N) is 1. The zero-order valence-electron chi connectivity index (χ0n) is 18.5. The van der Waals surface area contributed by atoms with Crippen molar-refractivity contribution in [3.05, 3.63) is 60.3 Å². The Labute approximate surface area is 189 Å². The predicted octanol–water partition coefficient (Wildman–Crippen LogP) is 3.70. The van der Waals surface area contributed by atoms with Gasteiger partial charge in [-0.25, -0.2) is 8.42 Å². The van der Waals surface area contributed by atoms with Gasteiger partial charge in [-0.2, -0.15) is 4.31 Å². The molecule has 1 aromatic heterocycles. The standard InChI is InChI=1S/C24H29N3O4S/c1-18(24(28)25-17-19-7-6-8-21(15-19)31-2)27-14-11-20-16-22(9-10-23(20)27)32(29,30)26-12-4-3-5-13-26/h6-11,14-16,18H,3-5,12-13,17H2,1-2H3,(H,25,28)/t18-/m0/s1. The molecule has 7 nitrogen and oxygen atoms in total. The lowest BCUT2D eigenvalue weighted by Gasteiger charge is -2.26. The number of rotatable bonds is 7. The van der Waals surface area contributed by atoms with Crippen LogP contribution in [0.15, 0.2) is 59.6 Å². The molecular weight excluding hydrogens is 426 g/mol. The Hall–Kier alpha value is -2.84. The Morgan fingerprint density at radius 1 is 1.09 bits per heavy atom. The Morgan fingerprint density at radius 2 is 1.88 bits per heavy atom. The van der Waals surface area contributed by atoms with Gasteiger partial charge in [0.05, 0.1) is 12.0 Å². The second-order valence-corrected chi connectivity index (χ2v) is 10.1. The minimum atomic E-state index is -3.49. The van der Waals surface area contributed by atoms with Crippen molar-refractivity contribution in [2.45, 2.75) is 43.7 Å². The van der Waals surface area contributed by atoms with E-state index in [1.165, 1.54) is 0 Å². The van der Waals surface area contributed by atoms with E-state index in [9.17, 15) is 13.2 Å². The summed E-state index contributed by atoms with van der Waals surface area (Å²) in [5.41, 5.74) is 1.78. The number of carbonyl (C=O) groups excluding carboxylic acids is 1. The molecule has 1 saturated heterocycles. The lowest BCUT2D eigenvalue weighted by atomic mass is 10.2. The van der Waals surface area contributed by atoms with Gasteiger partial charge in [-0.05, 0) is 61.7 Å². The van der Waals surface area contributed by atoms with Crippen LogP contribution in [0.2, 0.25) is 0 Å². The Morgan fingerprint density at radius 3 is 2.62 bits per heavy atom. The summed E-state index contributed by atoms with van der Waals surface area (Å²) in [6, 6.07) is 14.1. The highest BCUT2D eigenvalue weighted by molar-refractivity contribution is 7.89. The van der Waals surface area contributed by atoms with E-state index in [1.54, 1.807) is 29.6 Å². The molecule has 1 N–H and O–H groups in total. The molecule has 0 radical (unpaired) electrons. The van der Waals surface area contributed by atoms with Crippen LogP contribution >= 0.6 is 0 Å². The first-order valence-corrected chi connectivity index (χ1v) is 12.4. The summed E-state index contributed by atoms with van der Waals surface area (Å²) in [6.45, 7) is 3.38. The predicted molar refractivity (Wildman–Crippen MR) is 124 cm³/mol. The number of hydrogen-bond donors (Lipinski definition) is 1. The van der Waals surface area contributed by atoms with Crippen LogP contribution < -0.4 is 10.1 Å². The normalized spacial score (nSPS) is 16.1. The summed E-state index contributed by atoms with van der Waals surface area (Å²) < 4.78 is 34.7. The molecule has 0 bridgehead atoms. The number of benzene rings is 2. The fourth-order valence-electron chi connectivity index (χ4n) is 4.14. The molecular formula is C24H29N3O4S. The van der Waals surface area contributed by atoms with Crippen molar-refractivity contribution < 1.29 is 17.9 Å². The zero-order valence-corrected chi connectivity index (χ0v) is 19.3. The SMILES string of the molecule is COc1cccc(CNC(=O)[C@H](C)n2ccc3cc(S(=O)(=O)N4CCCCC4)ccc32)c1. The highest BCUT2D eigenvalue weighted by Gasteiger charge is 2.26. The molecule has 2 heterocycles. The van der Waals surface area contributed by atoms with Gasteiger partial charge in [0.2, 0.25) is 15.9 Å². The van der Waals surface area contributed by atoms with Gasteiger partial charge in [0.1, 0.15) is 11.8 Å². The van der Waals surface area contributed by atoms with Crippen LogP contribution in [0.1, 0.15) is 37.8 Å². The van der Waals surface area contributed by atoms with Gasteiger partial charge in [-0.1, -0.05) is 18.6 Å². The van der Waals surface area contributed by atoms with E-state index in [0.717, 1.165) is 41.5 Å². The largest absolute Gasteiger partial charge is 0.497 e. The topological polar surface area (TPSA) is 80.6 Å². The molecule has 0 saturated carbocycles. The number of methoxy groups -OCH3 is 1. The fourth-order valence-corrected chi connectivity index (χ4v) is 5.69. The van der Waals surface area contributed by atoms with E-state index >= 15 is 0 Å². The molecule has 1 fully saturated rings. The van der Waals surface area contributed by atoms with Gasteiger partial charge in [0.25, 0.3) is 0 Å². The van der Waals surface area contributed by atoms with Crippen molar-refractivity contribution >= 4 is 26.8 Å². The molecule has 0 unspecified atom stereocenters. The second-order valence-electron chi connectivity index (χ2n) is 8.15. The monoisotopic (exact) mass is 455 g/mol. The number of amides is 1. The van der Waals surface area contributed by atoms with Crippen LogP contribution in [0.3, 0.4) is 0 Å². The minimum Gasteiger partial charge on any atom is -0.497 e. The molecule has 1 atom stereocenters. The summed E-state index contributed by atoms with van der Waals surface area (Å²) in [6.07, 6.45) is 4.71. The van der Waals surface area contributed by atoms with Crippen molar-refractivity contribution in [3.63, 3.8) is 0 Å². The first-order valence-electron chi connectivity index (χ1n) is 10.9. The quantitative estimate of drug-likeness (QED) is 0.589. The number of aromatic nitrogens is 1. The summed E-state index contributed by atoms with van der Waals surface area (Å²) in [7, 11) is -1.88. The number of carbonyl (C=O) groups is 1. The average molecular weight is 456 g/mol. The maximum atomic E-state index is 13.0. The molecule has 3 aromatic rings. The van der Waals surface area contributed by atoms with Crippen molar-refractivity contribution in [1.29, 1.82) is 0 Å². The van der Waals surface area contributed by atoms with Crippen molar-refractivity contribution in [1.82, 2.24) is 14.2 Å². The maximum Gasteiger partial charge on any atom is 0.243 e. The van der Waals surface area contributed by atoms with Crippen molar-refractivity contribution in [2.75, 3.05) is 20.2 Å². The summed E-state index contributed by atoms with van der Waals surface area (Å²) in [4.78, 5) is 13.1. The highest BCUT2D eigenvalue weighted by Crippen LogP contribution is 2.27. The lowest BCUT2D eigenvalue weighted by Crippen LogP contribution is -2.35. The van der Waals surface area contributed by atoms with Crippen LogP contribution in [0.25, 0.3) is 10.9 Å². The molecule has 1 aliphatic heterocycles. The molecule has 32 heavy (non-hydrogen) atoms. The van der Waals surface area contributed by atoms with Crippen LogP contribution in [-0.4, -0.2) is 43.4 Å². The average Bonchev–Trinajstić information content (AvgIpc) is 3.26. The third kappa shape index (κ3) is 4.52. The minimum absolute atomic E-state index is 0.115. The third-order valence-electron chi connectivity index (χ3n) is 6.04. The number of nitrogens with zero attached hydrogens (tertiary/aromatic N) is 2. The lowest BCUT2D eigenvalue weighted by molar-refractivity contribution is -0.123. The third-order valence-corrected chi connectivity index (χ3v) is 7.94. The van der Waals surface area contributed by atoms with E-state index in [-0.39, 0.29) is 5.91 Å². The summed E-state index contributed by atoms with van der Waals surface area (Å²) >= 11 is 0. The number of ether oxygens (including phenoxy) is 1. The zero-order chi connectivity index (χ0) is 22.7. The molecule has 1 amide bonds. The molecule has 1 aliphatic rings. The smallest absolute Gasteiger partial charge is 0.243 e. The van der Waals surface area contributed by atoms with Gasteiger partial charge in [0, 0.05) is 36.7 Å². The van der Waals surface area contributed by atoms with E-state index in [0.29, 0.717) is 24.5 Å². The van der Waals surface area contributed by atoms with Gasteiger partial charge in [-0.3, -0.25) is 4.79 Å². The van der Waals surface area contributed by atoms with Crippen LogP contribution in [0, 0.1) is 0 Å². The van der Waals surface area contributed by atoms with Crippen molar-refractivity contribution in [2.24, 2.45) is 0 Å². The van der Waals surface area contributed by atoms with E-state index in [2.05, 4.69) is 5.32 Å².